The molecule has 16 nitrogen and oxygen atoms in total. The molecule has 2 aliphatic heterocycles. The number of rotatable bonds is 13. The van der Waals surface area contributed by atoms with Crippen molar-refractivity contribution in [3.63, 3.8) is 0 Å². The van der Waals surface area contributed by atoms with E-state index >= 15 is 0 Å². The molecule has 45 heavy (non-hydrogen) atoms. The monoisotopic (exact) mass is 642 g/mol. The maximum atomic E-state index is 12.6. The predicted molar refractivity (Wildman–Crippen MR) is 150 cm³/mol. The minimum atomic E-state index is -2.03. The number of esters is 1. The van der Waals surface area contributed by atoms with E-state index in [-0.39, 0.29) is 22.8 Å². The summed E-state index contributed by atoms with van der Waals surface area (Å²) in [6.45, 7) is -1.57. The van der Waals surface area contributed by atoms with Gasteiger partial charge in [-0.3, -0.25) is 0 Å². The van der Waals surface area contributed by atoms with Crippen molar-refractivity contribution >= 4 is 5.97 Å². The van der Waals surface area contributed by atoms with E-state index in [1.54, 1.807) is 0 Å². The van der Waals surface area contributed by atoms with Crippen LogP contribution in [-0.4, -0.2) is 136 Å². The molecular weight excluding hydrogens is 604 g/mol. The first kappa shape index (κ1) is 34.3. The standard InChI is InChI=1S/C29H38O16/c1-36-16-7-6-14(8-17(16)37-2)26(34)42-12-29(35)13-43-28(25(29)33)41-11-20-21(30)22(31)23(32)27(45-20)44-15-9-18(38-3)24(40-5)19(10-15)39-4/h6-10,20-23,25,27-28,30-33,35H,11-13H2,1-5H3/t20-,21-,22+,23-,25+,27+,28-,29-/m1/s1. The molecule has 2 aliphatic rings. The second-order valence-corrected chi connectivity index (χ2v) is 10.2. The van der Waals surface area contributed by atoms with Crippen LogP contribution < -0.4 is 28.4 Å². The molecule has 0 unspecified atom stereocenters. The lowest BCUT2D eigenvalue weighted by Gasteiger charge is -2.40. The molecule has 0 spiro atoms. The van der Waals surface area contributed by atoms with Crippen LogP contribution in [0.4, 0.5) is 0 Å². The third-order valence-corrected chi connectivity index (χ3v) is 7.36. The van der Waals surface area contributed by atoms with Gasteiger partial charge in [-0.15, -0.1) is 0 Å². The van der Waals surface area contributed by atoms with Gasteiger partial charge in [0.1, 0.15) is 42.9 Å². The molecule has 2 aromatic carbocycles. The average molecular weight is 643 g/mol. The maximum Gasteiger partial charge on any atom is 0.338 e. The van der Waals surface area contributed by atoms with E-state index in [0.717, 1.165) is 0 Å². The summed E-state index contributed by atoms with van der Waals surface area (Å²) in [5, 5.41) is 53.2. The number of carbonyl (C=O) groups is 1. The number of benzene rings is 2. The van der Waals surface area contributed by atoms with Crippen molar-refractivity contribution < 1.29 is 77.7 Å². The Kier molecular flexibility index (Phi) is 11.2. The molecule has 16 heteroatoms. The molecule has 0 amide bonds. The zero-order chi connectivity index (χ0) is 32.9. The van der Waals surface area contributed by atoms with E-state index in [4.69, 9.17) is 47.4 Å². The number of hydrogen-bond donors (Lipinski definition) is 5. The lowest BCUT2D eigenvalue weighted by molar-refractivity contribution is -0.289. The molecule has 0 aliphatic carbocycles. The van der Waals surface area contributed by atoms with Crippen LogP contribution >= 0.6 is 0 Å². The minimum absolute atomic E-state index is 0.116. The van der Waals surface area contributed by atoms with Gasteiger partial charge in [-0.1, -0.05) is 0 Å². The zero-order valence-corrected chi connectivity index (χ0v) is 25.3. The summed E-state index contributed by atoms with van der Waals surface area (Å²) in [6, 6.07) is 7.25. The number of carbonyl (C=O) groups excluding carboxylic acids is 1. The van der Waals surface area contributed by atoms with Crippen molar-refractivity contribution in [2.45, 2.75) is 48.7 Å². The number of methoxy groups -OCH3 is 5. The van der Waals surface area contributed by atoms with Gasteiger partial charge in [0, 0.05) is 12.1 Å². The summed E-state index contributed by atoms with van der Waals surface area (Å²) in [5.41, 5.74) is -1.92. The molecule has 2 heterocycles. The average Bonchev–Trinajstić information content (AvgIpc) is 3.34. The van der Waals surface area contributed by atoms with E-state index in [9.17, 15) is 30.3 Å². The highest BCUT2D eigenvalue weighted by Crippen LogP contribution is 2.41. The van der Waals surface area contributed by atoms with Crippen molar-refractivity contribution in [1.29, 1.82) is 0 Å². The zero-order valence-electron chi connectivity index (χ0n) is 25.3. The van der Waals surface area contributed by atoms with Crippen LogP contribution in [0.25, 0.3) is 0 Å². The third kappa shape index (κ3) is 7.29. The van der Waals surface area contributed by atoms with Crippen molar-refractivity contribution in [2.75, 3.05) is 55.4 Å². The topological polar surface area (TPSA) is 211 Å². The number of hydrogen-bond acceptors (Lipinski definition) is 16. The van der Waals surface area contributed by atoms with Gasteiger partial charge in [-0.2, -0.15) is 0 Å². The van der Waals surface area contributed by atoms with Gasteiger partial charge < -0.3 is 72.9 Å². The van der Waals surface area contributed by atoms with Gasteiger partial charge in [0.25, 0.3) is 0 Å². The molecule has 8 atom stereocenters. The van der Waals surface area contributed by atoms with E-state index in [2.05, 4.69) is 0 Å². The molecule has 0 radical (unpaired) electrons. The molecule has 5 N–H and O–H groups in total. The summed E-state index contributed by atoms with van der Waals surface area (Å²) >= 11 is 0. The minimum Gasteiger partial charge on any atom is -0.493 e. The first-order valence-electron chi connectivity index (χ1n) is 13.7. The highest BCUT2D eigenvalue weighted by atomic mass is 16.7. The molecule has 0 saturated carbocycles. The van der Waals surface area contributed by atoms with Gasteiger partial charge in [-0.05, 0) is 18.2 Å². The molecule has 2 aromatic rings. The van der Waals surface area contributed by atoms with Gasteiger partial charge in [-0.25, -0.2) is 4.79 Å². The molecule has 0 aromatic heterocycles. The van der Waals surface area contributed by atoms with Gasteiger partial charge >= 0.3 is 5.97 Å². The fraction of sp³-hybridized carbons (Fsp3) is 0.552. The van der Waals surface area contributed by atoms with Crippen LogP contribution in [0.1, 0.15) is 10.4 Å². The van der Waals surface area contributed by atoms with E-state index < -0.39 is 74.5 Å². The van der Waals surface area contributed by atoms with Crippen molar-refractivity contribution in [3.05, 3.63) is 35.9 Å². The molecule has 250 valence electrons. The third-order valence-electron chi connectivity index (χ3n) is 7.36. The first-order chi connectivity index (χ1) is 21.5. The molecule has 2 saturated heterocycles. The second-order valence-electron chi connectivity index (χ2n) is 10.2. The lowest BCUT2D eigenvalue weighted by Crippen LogP contribution is -2.60. The molecule has 2 fully saturated rings. The number of ether oxygens (including phenoxy) is 10. The van der Waals surface area contributed by atoms with Crippen molar-refractivity contribution in [3.8, 4) is 34.5 Å². The van der Waals surface area contributed by atoms with Crippen LogP contribution in [-0.2, 0) is 18.9 Å². The summed E-state index contributed by atoms with van der Waals surface area (Å²) in [7, 11) is 7.09. The van der Waals surface area contributed by atoms with Gasteiger partial charge in [0.2, 0.25) is 12.0 Å². The molecule has 0 bridgehead atoms. The highest BCUT2D eigenvalue weighted by molar-refractivity contribution is 5.90. The Hall–Kier alpha value is -3.61. The van der Waals surface area contributed by atoms with Crippen LogP contribution in [0.2, 0.25) is 0 Å². The lowest BCUT2D eigenvalue weighted by atomic mass is 9.99. The SMILES string of the molecule is COc1ccc(C(=O)OC[C@@]2(O)CO[C@@H](OC[C@H]3O[C@H](Oc4cc(OC)c(OC)c(OC)c4)[C@H](O)[C@@H](O)[C@@H]3O)[C@@H]2O)cc1OC. The Morgan fingerprint density at radius 3 is 2.07 bits per heavy atom. The summed E-state index contributed by atoms with van der Waals surface area (Å²) in [6.07, 6.45) is -10.9. The fourth-order valence-corrected chi connectivity index (χ4v) is 4.76. The summed E-state index contributed by atoms with van der Waals surface area (Å²) in [5.74, 6) is 0.831. The van der Waals surface area contributed by atoms with Crippen molar-refractivity contribution in [1.82, 2.24) is 0 Å². The fourth-order valence-electron chi connectivity index (χ4n) is 4.76. The number of aliphatic hydroxyl groups is 5. The Bertz CT molecular complexity index is 1280. The van der Waals surface area contributed by atoms with E-state index in [0.29, 0.717) is 17.2 Å². The summed E-state index contributed by atoms with van der Waals surface area (Å²) in [4.78, 5) is 12.6. The van der Waals surface area contributed by atoms with Crippen LogP contribution in [0.3, 0.4) is 0 Å². The van der Waals surface area contributed by atoms with E-state index in [1.165, 1.54) is 65.9 Å². The molecule has 4 rings (SSSR count). The summed E-state index contributed by atoms with van der Waals surface area (Å²) < 4.78 is 53.8. The van der Waals surface area contributed by atoms with Crippen LogP contribution in [0, 0.1) is 0 Å². The van der Waals surface area contributed by atoms with Crippen molar-refractivity contribution in [2.24, 2.45) is 0 Å². The Balaban J connectivity index is 1.36. The Morgan fingerprint density at radius 2 is 1.47 bits per heavy atom. The Labute approximate surface area is 258 Å². The van der Waals surface area contributed by atoms with Crippen LogP contribution in [0.15, 0.2) is 30.3 Å². The smallest absolute Gasteiger partial charge is 0.338 e. The number of aliphatic hydroxyl groups excluding tert-OH is 4. The maximum absolute atomic E-state index is 12.6. The van der Waals surface area contributed by atoms with E-state index in [1.807, 2.05) is 0 Å². The largest absolute Gasteiger partial charge is 0.493 e. The molecular formula is C29H38O16. The quantitative estimate of drug-likeness (QED) is 0.170. The van der Waals surface area contributed by atoms with Crippen LogP contribution in [0.5, 0.6) is 34.5 Å². The first-order valence-corrected chi connectivity index (χ1v) is 13.7. The second kappa shape index (κ2) is 14.7. The normalized spacial score (nSPS) is 29.5. The van der Waals surface area contributed by atoms with Gasteiger partial charge in [0.05, 0.1) is 54.3 Å². The highest BCUT2D eigenvalue weighted by Gasteiger charge is 2.51. The Morgan fingerprint density at radius 1 is 0.822 bits per heavy atom. The van der Waals surface area contributed by atoms with Gasteiger partial charge in [0.15, 0.2) is 34.9 Å². The predicted octanol–water partition coefficient (Wildman–Crippen LogP) is -0.762.